The lowest BCUT2D eigenvalue weighted by Crippen LogP contribution is -2.32. The van der Waals surface area contributed by atoms with Gasteiger partial charge in [-0.1, -0.05) is 85.2 Å². The fraction of sp³-hybridized carbons (Fsp3) is 0.500. The highest BCUT2D eigenvalue weighted by Crippen LogP contribution is 2.62. The summed E-state index contributed by atoms with van der Waals surface area (Å²) >= 11 is 0. The topological polar surface area (TPSA) is 0 Å². The molecular weight excluding hydrogens is 384 g/mol. The summed E-state index contributed by atoms with van der Waals surface area (Å²) in [6.07, 6.45) is 15.9. The lowest BCUT2D eigenvalue weighted by molar-refractivity contribution is 0.146. The van der Waals surface area contributed by atoms with E-state index in [1.54, 1.807) is 5.57 Å². The third-order valence-electron chi connectivity index (χ3n) is 10.2. The zero-order chi connectivity index (χ0) is 21.1. The molecule has 0 N–H and O–H groups in total. The summed E-state index contributed by atoms with van der Waals surface area (Å²) in [7, 11) is 0. The average Bonchev–Trinajstić information content (AvgIpc) is 3.68. The van der Waals surface area contributed by atoms with Gasteiger partial charge in [-0.3, -0.25) is 0 Å². The van der Waals surface area contributed by atoms with Crippen LogP contribution in [0.15, 0.2) is 72.3 Å². The molecular formula is C32H36. The highest BCUT2D eigenvalue weighted by molar-refractivity contribution is 6.08. The molecule has 2 aromatic carbocycles. The highest BCUT2D eigenvalue weighted by atomic mass is 14.6. The van der Waals surface area contributed by atoms with Gasteiger partial charge in [0.15, 0.2) is 0 Å². The molecule has 6 unspecified atom stereocenters. The summed E-state index contributed by atoms with van der Waals surface area (Å²) in [6, 6.07) is 22.6. The van der Waals surface area contributed by atoms with Gasteiger partial charge in [0.05, 0.1) is 0 Å². The van der Waals surface area contributed by atoms with E-state index >= 15 is 0 Å². The zero-order valence-corrected chi connectivity index (χ0v) is 19.3. The summed E-state index contributed by atoms with van der Waals surface area (Å²) in [6.45, 7) is 0. The van der Waals surface area contributed by atoms with Crippen molar-refractivity contribution in [3.63, 3.8) is 0 Å². The van der Waals surface area contributed by atoms with Gasteiger partial charge in [-0.25, -0.2) is 0 Å². The molecule has 0 radical (unpaired) electrons. The quantitative estimate of drug-likeness (QED) is 0.455. The SMILES string of the molecule is C1=C(c2ccccc2)C(c2ccccc2)=C(C(C2CC3CCC2C3)C2CC3CCC2C3)C1. The Morgan fingerprint density at radius 2 is 1.16 bits per heavy atom. The molecule has 0 heteroatoms. The van der Waals surface area contributed by atoms with Crippen LogP contribution in [0.3, 0.4) is 0 Å². The molecule has 0 saturated heterocycles. The maximum Gasteiger partial charge on any atom is -0.0110 e. The van der Waals surface area contributed by atoms with Gasteiger partial charge in [-0.2, -0.15) is 0 Å². The molecule has 4 fully saturated rings. The molecule has 32 heavy (non-hydrogen) atoms. The van der Waals surface area contributed by atoms with E-state index in [9.17, 15) is 0 Å². The first kappa shape index (κ1) is 19.4. The van der Waals surface area contributed by atoms with Crippen molar-refractivity contribution in [2.24, 2.45) is 41.4 Å². The molecule has 2 aromatic rings. The molecule has 5 aliphatic rings. The van der Waals surface area contributed by atoms with Crippen LogP contribution in [0.2, 0.25) is 0 Å². The Balaban J connectivity index is 1.37. The van der Waals surface area contributed by atoms with Crippen LogP contribution >= 0.6 is 0 Å². The minimum Gasteiger partial charge on any atom is -0.0719 e. The van der Waals surface area contributed by atoms with Crippen LogP contribution in [-0.2, 0) is 0 Å². The predicted molar refractivity (Wildman–Crippen MR) is 134 cm³/mol. The van der Waals surface area contributed by atoms with Gasteiger partial charge in [-0.15, -0.1) is 0 Å². The van der Waals surface area contributed by atoms with Crippen molar-refractivity contribution in [2.75, 3.05) is 0 Å². The first-order valence-electron chi connectivity index (χ1n) is 13.4. The van der Waals surface area contributed by atoms with Crippen LogP contribution in [-0.4, -0.2) is 0 Å². The number of rotatable bonds is 5. The van der Waals surface area contributed by atoms with Gasteiger partial charge < -0.3 is 0 Å². The van der Waals surface area contributed by atoms with E-state index in [2.05, 4.69) is 66.7 Å². The van der Waals surface area contributed by atoms with Gasteiger partial charge >= 0.3 is 0 Å². The first-order chi connectivity index (χ1) is 15.8. The van der Waals surface area contributed by atoms with Crippen molar-refractivity contribution in [1.29, 1.82) is 0 Å². The summed E-state index contributed by atoms with van der Waals surface area (Å²) in [5, 5.41) is 0. The second kappa shape index (κ2) is 7.75. The molecule has 6 atom stereocenters. The molecule has 4 bridgehead atoms. The molecule has 0 nitrogen and oxygen atoms in total. The van der Waals surface area contributed by atoms with Crippen molar-refractivity contribution in [1.82, 2.24) is 0 Å². The third kappa shape index (κ3) is 3.09. The second-order valence-corrected chi connectivity index (χ2v) is 11.7. The largest absolute Gasteiger partial charge is 0.0719 e. The monoisotopic (exact) mass is 420 g/mol. The summed E-state index contributed by atoms with van der Waals surface area (Å²) in [4.78, 5) is 0. The Kier molecular flexibility index (Phi) is 4.70. The molecule has 7 rings (SSSR count). The summed E-state index contributed by atoms with van der Waals surface area (Å²) < 4.78 is 0. The first-order valence-corrected chi connectivity index (χ1v) is 13.4. The third-order valence-corrected chi connectivity index (χ3v) is 10.2. The second-order valence-electron chi connectivity index (χ2n) is 11.7. The van der Waals surface area contributed by atoms with Crippen LogP contribution in [0.5, 0.6) is 0 Å². The average molecular weight is 421 g/mol. The minimum atomic E-state index is 0.827. The van der Waals surface area contributed by atoms with Gasteiger partial charge in [0.2, 0.25) is 0 Å². The summed E-state index contributed by atoms with van der Waals surface area (Å²) in [5.74, 6) is 6.83. The summed E-state index contributed by atoms with van der Waals surface area (Å²) in [5.41, 5.74) is 7.79. The standard InChI is InChI=1S/C32H36/c1-3-7-23(8-4-1)27-15-16-28(31(27)24-9-5-2-6-10-24)32(29-19-21-11-13-25(29)17-21)30-20-22-12-14-26(30)18-22/h1-10,15,21-22,25-26,29-30,32H,11-14,16-20H2. The van der Waals surface area contributed by atoms with Gasteiger partial charge in [0, 0.05) is 0 Å². The highest BCUT2D eigenvalue weighted by Gasteiger charge is 2.52. The fourth-order valence-electron chi connectivity index (χ4n) is 9.02. The number of benzene rings is 2. The van der Waals surface area contributed by atoms with Crippen molar-refractivity contribution >= 4 is 11.1 Å². The van der Waals surface area contributed by atoms with Crippen LogP contribution < -0.4 is 0 Å². The normalized spacial score (nSPS) is 36.2. The minimum absolute atomic E-state index is 0.827. The Morgan fingerprint density at radius 3 is 1.66 bits per heavy atom. The van der Waals surface area contributed by atoms with Crippen LogP contribution in [0.1, 0.15) is 68.9 Å². The lowest BCUT2D eigenvalue weighted by atomic mass is 9.64. The predicted octanol–water partition coefficient (Wildman–Crippen LogP) is 8.42. The van der Waals surface area contributed by atoms with Gasteiger partial charge in [-0.05, 0) is 109 Å². The van der Waals surface area contributed by atoms with E-state index in [-0.39, 0.29) is 0 Å². The maximum absolute atomic E-state index is 2.58. The van der Waals surface area contributed by atoms with Crippen molar-refractivity contribution in [2.45, 2.75) is 57.8 Å². The number of hydrogen-bond acceptors (Lipinski definition) is 0. The van der Waals surface area contributed by atoms with E-state index in [1.807, 2.05) is 5.57 Å². The van der Waals surface area contributed by atoms with E-state index in [1.165, 1.54) is 74.5 Å². The smallest absolute Gasteiger partial charge is 0.0110 e. The van der Waals surface area contributed by atoms with E-state index < -0.39 is 0 Å². The molecule has 0 heterocycles. The maximum atomic E-state index is 2.58. The lowest BCUT2D eigenvalue weighted by Gasteiger charge is -2.40. The Bertz CT molecular complexity index is 1010. The van der Waals surface area contributed by atoms with E-state index in [0.29, 0.717) is 0 Å². The molecule has 0 spiro atoms. The fourth-order valence-corrected chi connectivity index (χ4v) is 9.02. The zero-order valence-electron chi connectivity index (χ0n) is 19.3. The van der Waals surface area contributed by atoms with E-state index in [0.717, 1.165) is 41.4 Å². The van der Waals surface area contributed by atoms with Crippen LogP contribution in [0.25, 0.3) is 11.1 Å². The van der Waals surface area contributed by atoms with Gasteiger partial charge in [0.25, 0.3) is 0 Å². The molecule has 0 amide bonds. The molecule has 5 aliphatic carbocycles. The molecule has 0 aromatic heterocycles. The number of hydrogen-bond donors (Lipinski definition) is 0. The van der Waals surface area contributed by atoms with Gasteiger partial charge in [0.1, 0.15) is 0 Å². The van der Waals surface area contributed by atoms with E-state index in [4.69, 9.17) is 0 Å². The van der Waals surface area contributed by atoms with Crippen molar-refractivity contribution in [3.8, 4) is 0 Å². The van der Waals surface area contributed by atoms with Crippen molar-refractivity contribution < 1.29 is 0 Å². The Labute approximate surface area is 193 Å². The molecule has 164 valence electrons. The Morgan fingerprint density at radius 1 is 0.594 bits per heavy atom. The number of fused-ring (bicyclic) bond motifs is 4. The van der Waals surface area contributed by atoms with Crippen LogP contribution in [0.4, 0.5) is 0 Å². The van der Waals surface area contributed by atoms with Crippen molar-refractivity contribution in [3.05, 3.63) is 83.4 Å². The molecule has 0 aliphatic heterocycles. The molecule has 4 saturated carbocycles. The Hall–Kier alpha value is -2.08. The van der Waals surface area contributed by atoms with Crippen LogP contribution in [0, 0.1) is 41.4 Å². The number of allylic oxidation sites excluding steroid dienone is 4.